The highest BCUT2D eigenvalue weighted by Crippen LogP contribution is 2.39. The van der Waals surface area contributed by atoms with Crippen LogP contribution < -0.4 is 5.32 Å². The minimum absolute atomic E-state index is 0.250. The largest absolute Gasteiger partial charge is 0.455 e. The summed E-state index contributed by atoms with van der Waals surface area (Å²) in [4.78, 5) is 26.0. The average Bonchev–Trinajstić information content (AvgIpc) is 3.03. The summed E-state index contributed by atoms with van der Waals surface area (Å²) in [5.74, 6) is -8.53. The molecule has 3 aliphatic rings. The number of allylic oxidation sites excluding steroid dienone is 1. The molecule has 3 rings (SSSR count). The Hall–Kier alpha value is -2.87. The number of hydrazone groups is 1. The van der Waals surface area contributed by atoms with Crippen molar-refractivity contribution >= 4 is 18.0 Å². The van der Waals surface area contributed by atoms with E-state index in [1.54, 1.807) is 0 Å². The van der Waals surface area contributed by atoms with E-state index >= 15 is 0 Å². The lowest BCUT2D eigenvalue weighted by Gasteiger charge is -2.44. The van der Waals surface area contributed by atoms with Crippen molar-refractivity contribution in [1.82, 2.24) is 20.1 Å². The van der Waals surface area contributed by atoms with E-state index in [1.165, 1.54) is 0 Å². The molecule has 0 aliphatic carbocycles. The fraction of sp³-hybridized carbons (Fsp3) is 0.533. The number of nitrogens with zero attached hydrogens (tertiary/aromatic N) is 4. The van der Waals surface area contributed by atoms with Crippen LogP contribution in [0.3, 0.4) is 0 Å². The quantitative estimate of drug-likeness (QED) is 0.668. The highest BCUT2D eigenvalue weighted by molar-refractivity contribution is 6.02. The summed E-state index contributed by atoms with van der Waals surface area (Å²) in [6.07, 6.45) is -9.86. The van der Waals surface area contributed by atoms with Gasteiger partial charge < -0.3 is 10.2 Å². The monoisotopic (exact) mass is 447 g/mol. The van der Waals surface area contributed by atoms with E-state index in [0.29, 0.717) is 6.21 Å². The van der Waals surface area contributed by atoms with Gasteiger partial charge in [-0.3, -0.25) is 19.5 Å². The van der Waals surface area contributed by atoms with Crippen LogP contribution in [-0.4, -0.2) is 77.5 Å². The van der Waals surface area contributed by atoms with Crippen LogP contribution in [0.1, 0.15) is 0 Å². The predicted octanol–water partition coefficient (Wildman–Crippen LogP) is 1.62. The second kappa shape index (κ2) is 6.84. The van der Waals surface area contributed by atoms with Crippen molar-refractivity contribution in [3.63, 3.8) is 0 Å². The Bertz CT molecular complexity index is 847. The second-order valence-electron chi connectivity index (χ2n) is 6.70. The first-order chi connectivity index (χ1) is 13.6. The van der Waals surface area contributed by atoms with Crippen molar-refractivity contribution in [3.05, 3.63) is 23.5 Å². The van der Waals surface area contributed by atoms with Gasteiger partial charge in [-0.05, 0) is 0 Å². The zero-order chi connectivity index (χ0) is 22.6. The number of hydrogen-bond donors (Lipinski definition) is 1. The van der Waals surface area contributed by atoms with Crippen LogP contribution in [0.25, 0.3) is 0 Å². The number of alkyl halides is 8. The standard InChI is InChI=1S/C15H13F8N5O2/c1-26-8(29)2-3-28-11(30)9(10(14(18,19)20)25-12(26)28)7-4-24-27(5-7)6-13(16,17)15(21,22)23/h2-4,7,12,25H,5-6H2,1H3. The van der Waals surface area contributed by atoms with E-state index in [9.17, 15) is 44.7 Å². The second-order valence-corrected chi connectivity index (χ2v) is 6.70. The number of hydrogen-bond acceptors (Lipinski definition) is 5. The molecule has 3 heterocycles. The van der Waals surface area contributed by atoms with Crippen LogP contribution in [0.2, 0.25) is 0 Å². The zero-order valence-electron chi connectivity index (χ0n) is 14.9. The third-order valence-corrected chi connectivity index (χ3v) is 4.63. The lowest BCUT2D eigenvalue weighted by Crippen LogP contribution is -2.63. The van der Waals surface area contributed by atoms with E-state index in [-0.39, 0.29) is 5.01 Å². The van der Waals surface area contributed by atoms with Gasteiger partial charge in [0.1, 0.15) is 12.2 Å². The lowest BCUT2D eigenvalue weighted by atomic mass is 9.94. The van der Waals surface area contributed by atoms with Crippen molar-refractivity contribution in [2.24, 2.45) is 11.0 Å². The van der Waals surface area contributed by atoms with Crippen LogP contribution in [0.5, 0.6) is 0 Å². The molecule has 7 nitrogen and oxygen atoms in total. The molecule has 0 aromatic rings. The van der Waals surface area contributed by atoms with Gasteiger partial charge >= 0.3 is 18.3 Å². The van der Waals surface area contributed by atoms with Crippen molar-refractivity contribution < 1.29 is 44.7 Å². The van der Waals surface area contributed by atoms with Crippen molar-refractivity contribution in [2.75, 3.05) is 20.1 Å². The molecule has 2 unspecified atom stereocenters. The Balaban J connectivity index is 1.91. The van der Waals surface area contributed by atoms with Gasteiger partial charge in [-0.1, -0.05) is 0 Å². The maximum Gasteiger partial charge on any atom is 0.455 e. The first-order valence-electron chi connectivity index (χ1n) is 8.22. The van der Waals surface area contributed by atoms with E-state index < -0.39 is 66.7 Å². The van der Waals surface area contributed by atoms with Gasteiger partial charge in [0.25, 0.3) is 11.8 Å². The molecule has 0 bridgehead atoms. The topological polar surface area (TPSA) is 68.2 Å². The van der Waals surface area contributed by atoms with Gasteiger partial charge in [0.2, 0.25) is 0 Å². The van der Waals surface area contributed by atoms with E-state index in [1.807, 2.05) is 5.32 Å². The molecule has 166 valence electrons. The summed E-state index contributed by atoms with van der Waals surface area (Å²) >= 11 is 0. The highest BCUT2D eigenvalue weighted by atomic mass is 19.4. The third-order valence-electron chi connectivity index (χ3n) is 4.63. The van der Waals surface area contributed by atoms with Crippen LogP contribution in [-0.2, 0) is 9.59 Å². The average molecular weight is 447 g/mol. The number of nitrogens with one attached hydrogen (secondary N) is 1. The van der Waals surface area contributed by atoms with Crippen LogP contribution in [0, 0.1) is 5.92 Å². The molecule has 1 N–H and O–H groups in total. The van der Waals surface area contributed by atoms with Crippen molar-refractivity contribution in [3.8, 4) is 0 Å². The van der Waals surface area contributed by atoms with Crippen LogP contribution in [0.4, 0.5) is 35.1 Å². The van der Waals surface area contributed by atoms with E-state index in [4.69, 9.17) is 0 Å². The SMILES string of the molecule is CN1C(=O)C=CN2C(=O)C(C3C=NN(CC(F)(F)C(F)(F)F)C3)=C(C(F)(F)F)NC12. The summed E-state index contributed by atoms with van der Waals surface area (Å²) in [5, 5.41) is 5.59. The predicted molar refractivity (Wildman–Crippen MR) is 83.3 cm³/mol. The number of fused-ring (bicyclic) bond motifs is 1. The molecule has 0 aromatic heterocycles. The fourth-order valence-corrected chi connectivity index (χ4v) is 3.11. The van der Waals surface area contributed by atoms with Gasteiger partial charge in [-0.15, -0.1) is 0 Å². The van der Waals surface area contributed by atoms with Crippen LogP contribution >= 0.6 is 0 Å². The number of likely N-dealkylation sites (N-methyl/N-ethyl adjacent to an activating group) is 1. The van der Waals surface area contributed by atoms with Gasteiger partial charge in [0.05, 0.1) is 5.57 Å². The summed E-state index contributed by atoms with van der Waals surface area (Å²) in [5.41, 5.74) is -2.43. The summed E-state index contributed by atoms with van der Waals surface area (Å²) in [6, 6.07) is 0. The molecule has 0 saturated heterocycles. The Kier molecular flexibility index (Phi) is 4.97. The molecule has 2 atom stereocenters. The van der Waals surface area contributed by atoms with Crippen molar-refractivity contribution in [1.29, 1.82) is 0 Å². The first-order valence-corrected chi connectivity index (χ1v) is 8.22. The number of amides is 2. The number of rotatable bonds is 3. The van der Waals surface area contributed by atoms with E-state index in [0.717, 1.165) is 29.1 Å². The molecule has 3 aliphatic heterocycles. The normalized spacial score (nSPS) is 25.3. The molecule has 0 saturated carbocycles. The minimum atomic E-state index is -5.87. The third kappa shape index (κ3) is 3.67. The fourth-order valence-electron chi connectivity index (χ4n) is 3.11. The molecule has 2 amide bonds. The molecule has 0 fully saturated rings. The zero-order valence-corrected chi connectivity index (χ0v) is 14.9. The molecule has 0 aromatic carbocycles. The van der Waals surface area contributed by atoms with Crippen molar-refractivity contribution in [2.45, 2.75) is 24.6 Å². The molecular weight excluding hydrogens is 434 g/mol. The maximum atomic E-state index is 13.6. The van der Waals surface area contributed by atoms with Gasteiger partial charge in [0.15, 0.2) is 6.29 Å². The molecule has 0 spiro atoms. The molecule has 30 heavy (non-hydrogen) atoms. The molecule has 15 heteroatoms. The van der Waals surface area contributed by atoms with Gasteiger partial charge in [-0.25, -0.2) is 0 Å². The number of halogens is 8. The lowest BCUT2D eigenvalue weighted by molar-refractivity contribution is -0.286. The Morgan fingerprint density at radius 2 is 1.77 bits per heavy atom. The van der Waals surface area contributed by atoms with Crippen LogP contribution in [0.15, 0.2) is 28.6 Å². The van der Waals surface area contributed by atoms with Gasteiger partial charge in [-0.2, -0.15) is 40.2 Å². The summed E-state index contributed by atoms with van der Waals surface area (Å²) in [6.45, 7) is -2.71. The number of carbonyl (C=O) groups excluding carboxylic acids is 2. The summed E-state index contributed by atoms with van der Waals surface area (Å²) < 4.78 is 104. The Morgan fingerprint density at radius 1 is 1.13 bits per heavy atom. The maximum absolute atomic E-state index is 13.6. The first kappa shape index (κ1) is 21.8. The summed E-state index contributed by atoms with van der Waals surface area (Å²) in [7, 11) is 1.15. The number of carbonyl (C=O) groups is 2. The molecular formula is C15H13F8N5O2. The minimum Gasteiger partial charge on any atom is -0.343 e. The smallest absolute Gasteiger partial charge is 0.343 e. The Morgan fingerprint density at radius 3 is 2.33 bits per heavy atom. The highest BCUT2D eigenvalue weighted by Gasteiger charge is 2.59. The molecule has 0 radical (unpaired) electrons. The Labute approximate surface area is 163 Å². The van der Waals surface area contributed by atoms with Gasteiger partial charge in [0, 0.05) is 38.0 Å². The van der Waals surface area contributed by atoms with E-state index in [2.05, 4.69) is 5.10 Å².